The first-order valence-corrected chi connectivity index (χ1v) is 6.13. The van der Waals surface area contributed by atoms with Crippen molar-refractivity contribution in [3.8, 4) is 11.8 Å². The van der Waals surface area contributed by atoms with Crippen LogP contribution in [0.4, 0.5) is 5.69 Å². The van der Waals surface area contributed by atoms with Crippen molar-refractivity contribution >= 4 is 5.69 Å². The predicted octanol–water partition coefficient (Wildman–Crippen LogP) is 2.53. The molecule has 98 valence electrons. The minimum absolute atomic E-state index is 0.418. The summed E-state index contributed by atoms with van der Waals surface area (Å²) in [7, 11) is 1.58. The summed E-state index contributed by atoms with van der Waals surface area (Å²) in [6.07, 6.45) is 1.34. The average molecular weight is 248 g/mol. The van der Waals surface area contributed by atoms with Gasteiger partial charge in [-0.15, -0.1) is 0 Å². The van der Waals surface area contributed by atoms with Crippen molar-refractivity contribution in [1.82, 2.24) is 0 Å². The third-order valence-electron chi connectivity index (χ3n) is 3.27. The second kappa shape index (κ2) is 6.27. The molecule has 0 saturated heterocycles. The smallest absolute Gasteiger partial charge is 0.121 e. The molecule has 0 aromatic heterocycles. The molecule has 0 atom stereocenters. The Labute approximate surface area is 108 Å². The van der Waals surface area contributed by atoms with Crippen molar-refractivity contribution in [3.63, 3.8) is 0 Å². The molecule has 0 aliphatic rings. The van der Waals surface area contributed by atoms with E-state index in [0.29, 0.717) is 36.4 Å². The molecule has 0 radical (unpaired) electrons. The molecule has 0 bridgehead atoms. The normalized spacial score (nSPS) is 10.8. The molecule has 2 N–H and O–H groups in total. The Morgan fingerprint density at radius 1 is 1.39 bits per heavy atom. The fraction of sp³-hybridized carbons (Fsp3) is 0.500. The van der Waals surface area contributed by atoms with Gasteiger partial charge in [0.2, 0.25) is 0 Å². The molecule has 0 saturated carbocycles. The van der Waals surface area contributed by atoms with Crippen LogP contribution in [0.2, 0.25) is 0 Å². The van der Waals surface area contributed by atoms with Gasteiger partial charge in [0.15, 0.2) is 0 Å². The summed E-state index contributed by atoms with van der Waals surface area (Å²) in [6.45, 7) is 4.31. The molecule has 1 aromatic rings. The topological polar surface area (TPSA) is 65.3 Å². The van der Waals surface area contributed by atoms with Crippen LogP contribution in [-0.2, 0) is 0 Å². The second-order valence-electron chi connectivity index (χ2n) is 4.31. The van der Waals surface area contributed by atoms with Gasteiger partial charge in [0.1, 0.15) is 11.8 Å². The number of nitrogens with zero attached hydrogens (tertiary/aromatic N) is 1. The maximum absolute atomic E-state index is 10.2. The second-order valence-corrected chi connectivity index (χ2v) is 4.31. The highest BCUT2D eigenvalue weighted by Gasteiger charge is 2.22. The molecule has 0 aliphatic carbocycles. The molecule has 0 spiro atoms. The lowest BCUT2D eigenvalue weighted by Gasteiger charge is -2.26. The fourth-order valence-electron chi connectivity index (χ4n) is 1.65. The molecule has 4 nitrogen and oxygen atoms in total. The Kier molecular flexibility index (Phi) is 4.99. The van der Waals surface area contributed by atoms with Crippen LogP contribution in [0.15, 0.2) is 18.2 Å². The largest absolute Gasteiger partial charge is 0.497 e. The summed E-state index contributed by atoms with van der Waals surface area (Å²) < 4.78 is 5.13. The quantitative estimate of drug-likeness (QED) is 0.812. The maximum Gasteiger partial charge on any atom is 0.121 e. The standard InChI is InChI=1S/C14H20N2O2/c1-4-14(17,5-2)10-16-13-8-12(18-3)7-6-11(13)9-15/h6-8,16-17H,4-5,10H2,1-3H3. The molecule has 0 amide bonds. The van der Waals surface area contributed by atoms with E-state index in [2.05, 4.69) is 11.4 Å². The van der Waals surface area contributed by atoms with Crippen molar-refractivity contribution in [2.75, 3.05) is 19.0 Å². The monoisotopic (exact) mass is 248 g/mol. The first kappa shape index (κ1) is 14.3. The number of hydrogen-bond donors (Lipinski definition) is 2. The maximum atomic E-state index is 10.2. The van der Waals surface area contributed by atoms with Crippen LogP contribution >= 0.6 is 0 Å². The summed E-state index contributed by atoms with van der Waals surface area (Å²) >= 11 is 0. The molecular weight excluding hydrogens is 228 g/mol. The average Bonchev–Trinajstić information content (AvgIpc) is 2.44. The van der Waals surface area contributed by atoms with E-state index >= 15 is 0 Å². The third-order valence-corrected chi connectivity index (χ3v) is 3.27. The lowest BCUT2D eigenvalue weighted by atomic mass is 9.97. The SMILES string of the molecule is CCC(O)(CC)CNc1cc(OC)ccc1C#N. The summed E-state index contributed by atoms with van der Waals surface area (Å²) in [6, 6.07) is 7.34. The highest BCUT2D eigenvalue weighted by Crippen LogP contribution is 2.23. The van der Waals surface area contributed by atoms with Gasteiger partial charge < -0.3 is 15.2 Å². The van der Waals surface area contributed by atoms with Crippen molar-refractivity contribution in [2.24, 2.45) is 0 Å². The number of hydrogen-bond acceptors (Lipinski definition) is 4. The summed E-state index contributed by atoms with van der Waals surface area (Å²) in [5.74, 6) is 0.688. The van der Waals surface area contributed by atoms with Gasteiger partial charge >= 0.3 is 0 Å². The fourth-order valence-corrected chi connectivity index (χ4v) is 1.65. The van der Waals surface area contributed by atoms with Crippen LogP contribution in [0.5, 0.6) is 5.75 Å². The van der Waals surface area contributed by atoms with Gasteiger partial charge in [-0.1, -0.05) is 13.8 Å². The number of nitrogens with one attached hydrogen (secondary N) is 1. The Bertz CT molecular complexity index is 434. The summed E-state index contributed by atoms with van der Waals surface area (Å²) in [5.41, 5.74) is 0.498. The van der Waals surface area contributed by atoms with E-state index in [0.717, 1.165) is 0 Å². The van der Waals surface area contributed by atoms with E-state index in [4.69, 9.17) is 10.00 Å². The van der Waals surface area contributed by atoms with Gasteiger partial charge in [-0.3, -0.25) is 0 Å². The van der Waals surface area contributed by atoms with Gasteiger partial charge in [-0.05, 0) is 25.0 Å². The Hall–Kier alpha value is -1.73. The molecule has 0 heterocycles. The van der Waals surface area contributed by atoms with Gasteiger partial charge in [0.05, 0.1) is 24.0 Å². The van der Waals surface area contributed by atoms with Crippen LogP contribution in [0.1, 0.15) is 32.3 Å². The molecule has 0 unspecified atom stereocenters. The van der Waals surface area contributed by atoms with E-state index in [1.807, 2.05) is 13.8 Å². The number of benzene rings is 1. The van der Waals surface area contributed by atoms with Crippen molar-refractivity contribution in [2.45, 2.75) is 32.3 Å². The van der Waals surface area contributed by atoms with Gasteiger partial charge in [-0.2, -0.15) is 5.26 Å². The highest BCUT2D eigenvalue weighted by molar-refractivity contribution is 5.60. The van der Waals surface area contributed by atoms with E-state index < -0.39 is 5.60 Å². The first-order valence-electron chi connectivity index (χ1n) is 6.13. The van der Waals surface area contributed by atoms with Gasteiger partial charge in [0.25, 0.3) is 0 Å². The number of anilines is 1. The van der Waals surface area contributed by atoms with Crippen molar-refractivity contribution < 1.29 is 9.84 Å². The van der Waals surface area contributed by atoms with Crippen LogP contribution in [0.25, 0.3) is 0 Å². The van der Waals surface area contributed by atoms with Crippen molar-refractivity contribution in [3.05, 3.63) is 23.8 Å². The zero-order chi connectivity index (χ0) is 13.6. The van der Waals surface area contributed by atoms with E-state index in [1.54, 1.807) is 25.3 Å². The summed E-state index contributed by atoms with van der Waals surface area (Å²) in [5, 5.41) is 22.4. The Balaban J connectivity index is 2.86. The Morgan fingerprint density at radius 2 is 2.06 bits per heavy atom. The molecule has 0 aliphatic heterocycles. The lowest BCUT2D eigenvalue weighted by molar-refractivity contribution is 0.0457. The molecule has 4 heteroatoms. The first-order chi connectivity index (χ1) is 8.58. The van der Waals surface area contributed by atoms with Crippen LogP contribution in [-0.4, -0.2) is 24.4 Å². The van der Waals surface area contributed by atoms with Gasteiger partial charge in [-0.25, -0.2) is 0 Å². The molecule has 1 aromatic carbocycles. The highest BCUT2D eigenvalue weighted by atomic mass is 16.5. The van der Waals surface area contributed by atoms with E-state index in [9.17, 15) is 5.11 Å². The minimum Gasteiger partial charge on any atom is -0.497 e. The number of nitriles is 1. The van der Waals surface area contributed by atoms with Crippen LogP contribution in [0, 0.1) is 11.3 Å². The minimum atomic E-state index is -0.740. The molecule has 18 heavy (non-hydrogen) atoms. The molecule has 0 fully saturated rings. The predicted molar refractivity (Wildman–Crippen MR) is 71.7 cm³/mol. The van der Waals surface area contributed by atoms with Crippen LogP contribution in [0.3, 0.4) is 0 Å². The zero-order valence-electron chi connectivity index (χ0n) is 11.2. The lowest BCUT2D eigenvalue weighted by Crippen LogP contribution is -2.35. The summed E-state index contributed by atoms with van der Waals surface area (Å²) in [4.78, 5) is 0. The van der Waals surface area contributed by atoms with Crippen LogP contribution < -0.4 is 10.1 Å². The van der Waals surface area contributed by atoms with E-state index in [-0.39, 0.29) is 0 Å². The molecule has 1 rings (SSSR count). The number of ether oxygens (including phenoxy) is 1. The number of rotatable bonds is 6. The number of methoxy groups -OCH3 is 1. The zero-order valence-corrected chi connectivity index (χ0v) is 11.2. The third kappa shape index (κ3) is 3.38. The van der Waals surface area contributed by atoms with E-state index in [1.165, 1.54) is 0 Å². The molecular formula is C14H20N2O2. The Morgan fingerprint density at radius 3 is 2.56 bits per heavy atom. The van der Waals surface area contributed by atoms with Gasteiger partial charge in [0, 0.05) is 12.6 Å². The van der Waals surface area contributed by atoms with Crippen molar-refractivity contribution in [1.29, 1.82) is 5.26 Å². The number of aliphatic hydroxyl groups is 1.